The van der Waals surface area contributed by atoms with Gasteiger partial charge in [0.05, 0.1) is 22.3 Å². The minimum Gasteiger partial charge on any atom is -0.484 e. The molecule has 2 rings (SSSR count). The van der Waals surface area contributed by atoms with Gasteiger partial charge in [-0.2, -0.15) is 0 Å². The number of amides is 2. The van der Waals surface area contributed by atoms with Crippen LogP contribution in [0.3, 0.4) is 0 Å². The van der Waals surface area contributed by atoms with Crippen molar-refractivity contribution in [2.24, 2.45) is 0 Å². The van der Waals surface area contributed by atoms with Crippen LogP contribution in [-0.4, -0.2) is 36.9 Å². The van der Waals surface area contributed by atoms with Gasteiger partial charge in [-0.15, -0.1) is 0 Å². The number of aryl methyl sites for hydroxylation is 2. The highest BCUT2D eigenvalue weighted by Gasteiger charge is 2.16. The zero-order valence-electron chi connectivity index (χ0n) is 14.8. The van der Waals surface area contributed by atoms with Crippen molar-refractivity contribution >= 4 is 40.7 Å². The van der Waals surface area contributed by atoms with Crippen LogP contribution in [0.25, 0.3) is 0 Å². The van der Waals surface area contributed by atoms with Gasteiger partial charge < -0.3 is 15.0 Å². The lowest BCUT2D eigenvalue weighted by molar-refractivity contribution is -0.135. The van der Waals surface area contributed by atoms with Gasteiger partial charge in [-0.3, -0.25) is 9.59 Å². The van der Waals surface area contributed by atoms with Crippen LogP contribution in [-0.2, 0) is 9.59 Å². The Kier molecular flexibility index (Phi) is 6.89. The normalized spacial score (nSPS) is 10.3. The molecule has 2 amide bonds. The summed E-state index contributed by atoms with van der Waals surface area (Å²) in [5.74, 6) is -0.104. The SMILES string of the molecule is Cc1ccc(OCC(=O)N(C)CC(=O)Nc2c(Cl)cccc2Cl)cc1C. The second kappa shape index (κ2) is 8.92. The molecule has 2 aromatic rings. The average Bonchev–Trinajstić information content (AvgIpc) is 2.59. The number of para-hydroxylation sites is 1. The first-order valence-electron chi connectivity index (χ1n) is 7.96. The summed E-state index contributed by atoms with van der Waals surface area (Å²) in [6.45, 7) is 3.68. The zero-order valence-corrected chi connectivity index (χ0v) is 16.3. The molecule has 0 aliphatic rings. The van der Waals surface area contributed by atoms with Gasteiger partial charge in [0, 0.05) is 7.05 Å². The Morgan fingerprint density at radius 1 is 1.08 bits per heavy atom. The Labute approximate surface area is 162 Å². The molecular formula is C19H20Cl2N2O3. The average molecular weight is 395 g/mol. The second-order valence-electron chi connectivity index (χ2n) is 5.93. The third kappa shape index (κ3) is 5.38. The van der Waals surface area contributed by atoms with Crippen molar-refractivity contribution in [2.75, 3.05) is 25.5 Å². The van der Waals surface area contributed by atoms with E-state index in [1.807, 2.05) is 32.0 Å². The third-order valence-electron chi connectivity index (χ3n) is 3.87. The Balaban J connectivity index is 1.88. The van der Waals surface area contributed by atoms with Crippen molar-refractivity contribution in [2.45, 2.75) is 13.8 Å². The van der Waals surface area contributed by atoms with E-state index in [-0.39, 0.29) is 19.1 Å². The lowest BCUT2D eigenvalue weighted by Crippen LogP contribution is -2.37. The number of nitrogens with one attached hydrogen (secondary N) is 1. The van der Waals surface area contributed by atoms with Crippen LogP contribution < -0.4 is 10.1 Å². The highest BCUT2D eigenvalue weighted by molar-refractivity contribution is 6.39. The summed E-state index contributed by atoms with van der Waals surface area (Å²) in [6.07, 6.45) is 0. The number of ether oxygens (including phenoxy) is 1. The highest BCUT2D eigenvalue weighted by atomic mass is 35.5. The van der Waals surface area contributed by atoms with Crippen molar-refractivity contribution in [1.29, 1.82) is 0 Å². The van der Waals surface area contributed by atoms with E-state index in [0.29, 0.717) is 21.5 Å². The molecule has 0 aliphatic carbocycles. The molecule has 0 aromatic heterocycles. The first kappa shape index (κ1) is 20.1. The van der Waals surface area contributed by atoms with Gasteiger partial charge in [-0.05, 0) is 49.2 Å². The molecule has 0 heterocycles. The van der Waals surface area contributed by atoms with Gasteiger partial charge in [0.25, 0.3) is 5.91 Å². The van der Waals surface area contributed by atoms with Crippen molar-refractivity contribution in [1.82, 2.24) is 4.90 Å². The quantitative estimate of drug-likeness (QED) is 0.802. The summed E-state index contributed by atoms with van der Waals surface area (Å²) in [6, 6.07) is 10.5. The van der Waals surface area contributed by atoms with Gasteiger partial charge in [0.2, 0.25) is 5.91 Å². The second-order valence-corrected chi connectivity index (χ2v) is 6.74. The number of nitrogens with zero attached hydrogens (tertiary/aromatic N) is 1. The van der Waals surface area contributed by atoms with Crippen LogP contribution in [0.1, 0.15) is 11.1 Å². The summed E-state index contributed by atoms with van der Waals surface area (Å²) >= 11 is 12.0. The molecule has 1 N–H and O–H groups in total. The van der Waals surface area contributed by atoms with Crippen molar-refractivity contribution in [3.8, 4) is 5.75 Å². The molecule has 0 radical (unpaired) electrons. The summed E-state index contributed by atoms with van der Waals surface area (Å²) < 4.78 is 5.50. The molecule has 0 bridgehead atoms. The van der Waals surface area contributed by atoms with Gasteiger partial charge in [0.15, 0.2) is 6.61 Å². The van der Waals surface area contributed by atoms with E-state index >= 15 is 0 Å². The number of halogens is 2. The first-order chi connectivity index (χ1) is 12.3. The molecule has 5 nitrogen and oxygen atoms in total. The molecule has 0 unspecified atom stereocenters. The molecule has 0 spiro atoms. The lowest BCUT2D eigenvalue weighted by Gasteiger charge is -2.18. The number of carbonyl (C=O) groups is 2. The van der Waals surface area contributed by atoms with Crippen LogP contribution in [0.5, 0.6) is 5.75 Å². The van der Waals surface area contributed by atoms with E-state index in [9.17, 15) is 9.59 Å². The third-order valence-corrected chi connectivity index (χ3v) is 4.50. The molecule has 2 aromatic carbocycles. The maximum atomic E-state index is 12.2. The van der Waals surface area contributed by atoms with E-state index < -0.39 is 5.91 Å². The summed E-state index contributed by atoms with van der Waals surface area (Å²) in [5, 5.41) is 3.28. The predicted octanol–water partition coefficient (Wildman–Crippen LogP) is 4.09. The van der Waals surface area contributed by atoms with Gasteiger partial charge >= 0.3 is 0 Å². The zero-order chi connectivity index (χ0) is 19.3. The number of benzene rings is 2. The van der Waals surface area contributed by atoms with Crippen LogP contribution in [0.15, 0.2) is 36.4 Å². The minimum absolute atomic E-state index is 0.142. The highest BCUT2D eigenvalue weighted by Crippen LogP contribution is 2.29. The summed E-state index contributed by atoms with van der Waals surface area (Å²) in [5.41, 5.74) is 2.56. The van der Waals surface area contributed by atoms with E-state index in [1.54, 1.807) is 18.2 Å². The monoisotopic (exact) mass is 394 g/mol. The number of hydrogen-bond donors (Lipinski definition) is 1. The predicted molar refractivity (Wildman–Crippen MR) is 104 cm³/mol. The molecule has 0 saturated carbocycles. The number of likely N-dealkylation sites (N-methyl/N-ethyl adjacent to an activating group) is 1. The fourth-order valence-electron chi connectivity index (χ4n) is 2.16. The van der Waals surface area contributed by atoms with Crippen LogP contribution >= 0.6 is 23.2 Å². The molecule has 0 aliphatic heterocycles. The van der Waals surface area contributed by atoms with Crippen LogP contribution in [0, 0.1) is 13.8 Å². The van der Waals surface area contributed by atoms with E-state index in [0.717, 1.165) is 11.1 Å². The Bertz CT molecular complexity index is 804. The molecule has 26 heavy (non-hydrogen) atoms. The van der Waals surface area contributed by atoms with Gasteiger partial charge in [-0.1, -0.05) is 35.3 Å². The smallest absolute Gasteiger partial charge is 0.260 e. The fourth-order valence-corrected chi connectivity index (χ4v) is 2.65. The Hall–Kier alpha value is -2.24. The van der Waals surface area contributed by atoms with Crippen LogP contribution in [0.2, 0.25) is 10.0 Å². The van der Waals surface area contributed by atoms with Crippen molar-refractivity contribution in [3.05, 3.63) is 57.6 Å². The van der Waals surface area contributed by atoms with E-state index in [2.05, 4.69) is 5.32 Å². The largest absolute Gasteiger partial charge is 0.484 e. The number of carbonyl (C=O) groups excluding carboxylic acids is 2. The standard InChI is InChI=1S/C19H20Cl2N2O3/c1-12-7-8-14(9-13(12)2)26-11-18(25)23(3)10-17(24)22-19-15(20)5-4-6-16(19)21/h4-9H,10-11H2,1-3H3,(H,22,24). The fraction of sp³-hybridized carbons (Fsp3) is 0.263. The maximum Gasteiger partial charge on any atom is 0.260 e. The Morgan fingerprint density at radius 2 is 1.73 bits per heavy atom. The topological polar surface area (TPSA) is 58.6 Å². The molecule has 0 fully saturated rings. The van der Waals surface area contributed by atoms with Crippen LogP contribution in [0.4, 0.5) is 5.69 Å². The van der Waals surface area contributed by atoms with Gasteiger partial charge in [0.1, 0.15) is 5.75 Å². The number of hydrogen-bond acceptors (Lipinski definition) is 3. The molecule has 0 atom stereocenters. The van der Waals surface area contributed by atoms with E-state index in [4.69, 9.17) is 27.9 Å². The van der Waals surface area contributed by atoms with E-state index in [1.165, 1.54) is 11.9 Å². The minimum atomic E-state index is -0.401. The summed E-state index contributed by atoms with van der Waals surface area (Å²) in [4.78, 5) is 25.6. The first-order valence-corrected chi connectivity index (χ1v) is 8.71. The molecular weight excluding hydrogens is 375 g/mol. The number of rotatable bonds is 6. The summed E-state index contributed by atoms with van der Waals surface area (Å²) in [7, 11) is 1.53. The maximum absolute atomic E-state index is 12.2. The van der Waals surface area contributed by atoms with Crippen molar-refractivity contribution < 1.29 is 14.3 Å². The lowest BCUT2D eigenvalue weighted by atomic mass is 10.1. The van der Waals surface area contributed by atoms with Crippen molar-refractivity contribution in [3.63, 3.8) is 0 Å². The number of anilines is 1. The molecule has 138 valence electrons. The van der Waals surface area contributed by atoms with Gasteiger partial charge in [-0.25, -0.2) is 0 Å². The Morgan fingerprint density at radius 3 is 2.35 bits per heavy atom. The molecule has 7 heteroatoms. The molecule has 0 saturated heterocycles.